The zero-order chi connectivity index (χ0) is 14.8. The quantitative estimate of drug-likeness (QED) is 0.307. The standard InChI is InChI=1S/C11H19N3O5/c1-4-13-10(18)12(9(17)11(13,2)3)6-5-8(16)14(19)7-15/h15,19H,4-7H2,1-3H3. The molecular weight excluding hydrogens is 254 g/mol. The Hall–Kier alpha value is -1.67. The number of hydroxylamine groups is 2. The fourth-order valence-electron chi connectivity index (χ4n) is 2.06. The largest absolute Gasteiger partial charge is 0.374 e. The van der Waals surface area contributed by atoms with E-state index in [9.17, 15) is 14.4 Å². The summed E-state index contributed by atoms with van der Waals surface area (Å²) in [5.74, 6) is -1.13. The molecule has 2 N–H and O–H groups in total. The lowest BCUT2D eigenvalue weighted by atomic mass is 10.0. The molecule has 0 radical (unpaired) electrons. The van der Waals surface area contributed by atoms with Gasteiger partial charge >= 0.3 is 6.03 Å². The van der Waals surface area contributed by atoms with Crippen LogP contribution in [0.15, 0.2) is 0 Å². The number of imide groups is 1. The first kappa shape index (κ1) is 15.4. The topological polar surface area (TPSA) is 101 Å². The van der Waals surface area contributed by atoms with Crippen LogP contribution < -0.4 is 0 Å². The van der Waals surface area contributed by atoms with Gasteiger partial charge in [0, 0.05) is 19.5 Å². The molecule has 1 fully saturated rings. The third-order valence-electron chi connectivity index (χ3n) is 3.19. The summed E-state index contributed by atoms with van der Waals surface area (Å²) in [5.41, 5.74) is -0.926. The Morgan fingerprint density at radius 2 is 1.95 bits per heavy atom. The highest BCUT2D eigenvalue weighted by Gasteiger charge is 2.50. The van der Waals surface area contributed by atoms with Crippen molar-refractivity contribution in [2.45, 2.75) is 32.7 Å². The Labute approximate surface area is 111 Å². The van der Waals surface area contributed by atoms with Gasteiger partial charge in [0.15, 0.2) is 0 Å². The van der Waals surface area contributed by atoms with E-state index in [0.717, 1.165) is 4.90 Å². The molecule has 1 aliphatic rings. The van der Waals surface area contributed by atoms with Gasteiger partial charge in [-0.2, -0.15) is 5.06 Å². The highest BCUT2D eigenvalue weighted by atomic mass is 16.5. The average Bonchev–Trinajstić information content (AvgIpc) is 2.53. The van der Waals surface area contributed by atoms with Gasteiger partial charge in [-0.1, -0.05) is 0 Å². The molecule has 4 amide bonds. The number of amides is 4. The van der Waals surface area contributed by atoms with Gasteiger partial charge in [-0.25, -0.2) is 4.79 Å². The summed E-state index contributed by atoms with van der Waals surface area (Å²) in [6.07, 6.45) is -0.234. The summed E-state index contributed by atoms with van der Waals surface area (Å²) in [6, 6.07) is -0.446. The zero-order valence-corrected chi connectivity index (χ0v) is 11.3. The number of rotatable bonds is 5. The Morgan fingerprint density at radius 1 is 1.37 bits per heavy atom. The van der Waals surface area contributed by atoms with Crippen LogP contribution in [0.1, 0.15) is 27.2 Å². The fourth-order valence-corrected chi connectivity index (χ4v) is 2.06. The van der Waals surface area contributed by atoms with Gasteiger partial charge in [-0.05, 0) is 20.8 Å². The van der Waals surface area contributed by atoms with E-state index in [0.29, 0.717) is 6.54 Å². The number of nitrogens with zero attached hydrogens (tertiary/aromatic N) is 3. The third-order valence-corrected chi connectivity index (χ3v) is 3.19. The molecule has 1 heterocycles. The number of aliphatic hydroxyl groups excluding tert-OH is 1. The summed E-state index contributed by atoms with van der Waals surface area (Å²) in [6.45, 7) is 4.50. The van der Waals surface area contributed by atoms with Crippen LogP contribution in [-0.2, 0) is 9.59 Å². The van der Waals surface area contributed by atoms with Crippen molar-refractivity contribution in [3.63, 3.8) is 0 Å². The van der Waals surface area contributed by atoms with Crippen LogP contribution >= 0.6 is 0 Å². The molecule has 1 rings (SSSR count). The van der Waals surface area contributed by atoms with Crippen LogP contribution in [0.2, 0.25) is 0 Å². The van der Waals surface area contributed by atoms with Crippen molar-refractivity contribution >= 4 is 17.8 Å². The van der Waals surface area contributed by atoms with E-state index >= 15 is 0 Å². The second-order valence-corrected chi connectivity index (χ2v) is 4.73. The lowest BCUT2D eigenvalue weighted by molar-refractivity contribution is -0.180. The van der Waals surface area contributed by atoms with E-state index in [1.54, 1.807) is 20.8 Å². The van der Waals surface area contributed by atoms with E-state index in [4.69, 9.17) is 10.3 Å². The molecule has 0 saturated carbocycles. The Bertz CT molecular complexity index is 396. The summed E-state index contributed by atoms with van der Waals surface area (Å²) < 4.78 is 0. The molecule has 108 valence electrons. The molecule has 0 bridgehead atoms. The highest BCUT2D eigenvalue weighted by Crippen LogP contribution is 2.27. The van der Waals surface area contributed by atoms with Gasteiger partial charge in [0.25, 0.3) is 5.91 Å². The van der Waals surface area contributed by atoms with E-state index < -0.39 is 24.2 Å². The first-order valence-corrected chi connectivity index (χ1v) is 6.01. The first-order valence-electron chi connectivity index (χ1n) is 6.01. The smallest absolute Gasteiger partial charge is 0.327 e. The molecule has 0 aromatic carbocycles. The van der Waals surface area contributed by atoms with Gasteiger partial charge in [-0.15, -0.1) is 0 Å². The molecular formula is C11H19N3O5. The van der Waals surface area contributed by atoms with Crippen LogP contribution in [0, 0.1) is 0 Å². The van der Waals surface area contributed by atoms with Gasteiger partial charge in [0.05, 0.1) is 0 Å². The number of aliphatic hydroxyl groups is 1. The van der Waals surface area contributed by atoms with Gasteiger partial charge in [-0.3, -0.25) is 19.7 Å². The van der Waals surface area contributed by atoms with E-state index in [-0.39, 0.29) is 23.9 Å². The number of carbonyl (C=O) groups excluding carboxylic acids is 3. The number of hydrogen-bond acceptors (Lipinski definition) is 5. The third kappa shape index (κ3) is 2.69. The second kappa shape index (κ2) is 5.54. The van der Waals surface area contributed by atoms with Crippen LogP contribution in [0.3, 0.4) is 0 Å². The minimum atomic E-state index is -0.926. The van der Waals surface area contributed by atoms with Crippen LogP contribution in [0.4, 0.5) is 4.79 Å². The monoisotopic (exact) mass is 273 g/mol. The molecule has 1 aliphatic heterocycles. The van der Waals surface area contributed by atoms with Crippen molar-refractivity contribution in [2.75, 3.05) is 19.8 Å². The average molecular weight is 273 g/mol. The molecule has 1 saturated heterocycles. The zero-order valence-electron chi connectivity index (χ0n) is 11.3. The van der Waals surface area contributed by atoms with Gasteiger partial charge in [0.2, 0.25) is 5.91 Å². The minimum Gasteiger partial charge on any atom is -0.374 e. The lowest BCUT2D eigenvalue weighted by Crippen LogP contribution is -2.44. The summed E-state index contributed by atoms with van der Waals surface area (Å²) in [4.78, 5) is 37.8. The normalized spacial score (nSPS) is 18.2. The Balaban J connectivity index is 2.73. The van der Waals surface area contributed by atoms with Gasteiger partial charge in [0.1, 0.15) is 12.3 Å². The molecule has 0 unspecified atom stereocenters. The van der Waals surface area contributed by atoms with E-state index in [1.165, 1.54) is 4.90 Å². The maximum absolute atomic E-state index is 12.1. The lowest BCUT2D eigenvalue weighted by Gasteiger charge is -2.25. The number of hydrogen-bond donors (Lipinski definition) is 2. The highest BCUT2D eigenvalue weighted by molar-refractivity contribution is 6.06. The minimum absolute atomic E-state index is 0.118. The Morgan fingerprint density at radius 3 is 2.37 bits per heavy atom. The van der Waals surface area contributed by atoms with E-state index in [2.05, 4.69) is 0 Å². The van der Waals surface area contributed by atoms with Crippen LogP contribution in [0.5, 0.6) is 0 Å². The number of likely N-dealkylation sites (N-methyl/N-ethyl adjacent to an activating group) is 1. The Kier molecular flexibility index (Phi) is 4.48. The number of urea groups is 1. The molecule has 8 nitrogen and oxygen atoms in total. The number of carbonyl (C=O) groups is 3. The van der Waals surface area contributed by atoms with Gasteiger partial charge < -0.3 is 10.0 Å². The van der Waals surface area contributed by atoms with Crippen molar-refractivity contribution < 1.29 is 24.7 Å². The van der Waals surface area contributed by atoms with Crippen LogP contribution in [0.25, 0.3) is 0 Å². The maximum Gasteiger partial charge on any atom is 0.327 e. The summed E-state index contributed by atoms with van der Waals surface area (Å²) >= 11 is 0. The van der Waals surface area contributed by atoms with Crippen molar-refractivity contribution in [3.8, 4) is 0 Å². The van der Waals surface area contributed by atoms with Crippen LogP contribution in [-0.4, -0.2) is 68.4 Å². The summed E-state index contributed by atoms with van der Waals surface area (Å²) in [5, 5.41) is 17.7. The fraction of sp³-hybridized carbons (Fsp3) is 0.727. The van der Waals surface area contributed by atoms with Crippen molar-refractivity contribution in [2.24, 2.45) is 0 Å². The van der Waals surface area contributed by atoms with Crippen molar-refractivity contribution in [3.05, 3.63) is 0 Å². The maximum atomic E-state index is 12.1. The SMILES string of the molecule is CCN1C(=O)N(CCC(=O)N(O)CO)C(=O)C1(C)C. The molecule has 0 aromatic rings. The van der Waals surface area contributed by atoms with Crippen molar-refractivity contribution in [1.82, 2.24) is 14.9 Å². The summed E-state index contributed by atoms with van der Waals surface area (Å²) in [7, 11) is 0. The van der Waals surface area contributed by atoms with E-state index in [1.807, 2.05) is 0 Å². The predicted octanol–water partition coefficient (Wildman–Crippen LogP) is -0.393. The van der Waals surface area contributed by atoms with Crippen molar-refractivity contribution in [1.29, 1.82) is 0 Å². The molecule has 8 heteroatoms. The molecule has 19 heavy (non-hydrogen) atoms. The molecule has 0 aliphatic carbocycles. The molecule has 0 atom stereocenters. The first-order chi connectivity index (χ1) is 8.77. The predicted molar refractivity (Wildman–Crippen MR) is 63.9 cm³/mol. The second-order valence-electron chi connectivity index (χ2n) is 4.73. The molecule has 0 aromatic heterocycles. The molecule has 0 spiro atoms.